The molecule has 1 heterocycles. The second kappa shape index (κ2) is 6.29. The molecule has 0 spiro atoms. The molecule has 3 heteroatoms. The third kappa shape index (κ3) is 3.35. The van der Waals surface area contributed by atoms with Gasteiger partial charge in [-0.2, -0.15) is 0 Å². The molecule has 1 saturated carbocycles. The van der Waals surface area contributed by atoms with Crippen molar-refractivity contribution in [2.24, 2.45) is 0 Å². The van der Waals surface area contributed by atoms with Gasteiger partial charge in [-0.05, 0) is 38.7 Å². The van der Waals surface area contributed by atoms with Crippen LogP contribution in [0.4, 0.5) is 0 Å². The van der Waals surface area contributed by atoms with Gasteiger partial charge in [-0.3, -0.25) is 0 Å². The summed E-state index contributed by atoms with van der Waals surface area (Å²) in [6.45, 7) is 7.61. The number of aryl methyl sites for hydroxylation is 1. The van der Waals surface area contributed by atoms with Crippen LogP contribution in [0.2, 0.25) is 0 Å². The normalized spacial score (nSPS) is 16.1. The van der Waals surface area contributed by atoms with Crippen molar-refractivity contribution in [3.05, 3.63) is 40.4 Å². The Labute approximate surface area is 131 Å². The molecule has 0 saturated heterocycles. The first-order valence-electron chi connectivity index (χ1n) is 7.98. The van der Waals surface area contributed by atoms with Crippen LogP contribution in [-0.2, 0) is 6.54 Å². The molecule has 0 bridgehead atoms. The van der Waals surface area contributed by atoms with E-state index in [1.165, 1.54) is 46.0 Å². The molecule has 1 atom stereocenters. The zero-order valence-corrected chi connectivity index (χ0v) is 14.0. The van der Waals surface area contributed by atoms with Crippen LogP contribution in [0.1, 0.15) is 55.2 Å². The number of hydrogen-bond acceptors (Lipinski definition) is 3. The van der Waals surface area contributed by atoms with Crippen molar-refractivity contribution < 1.29 is 0 Å². The van der Waals surface area contributed by atoms with E-state index in [0.29, 0.717) is 12.0 Å². The summed E-state index contributed by atoms with van der Waals surface area (Å²) in [5.74, 6) is 0.716. The number of hydrogen-bond donors (Lipinski definition) is 1. The monoisotopic (exact) mass is 300 g/mol. The lowest BCUT2D eigenvalue weighted by Crippen LogP contribution is -2.24. The third-order valence-electron chi connectivity index (χ3n) is 4.29. The zero-order valence-electron chi connectivity index (χ0n) is 13.1. The Morgan fingerprint density at radius 3 is 2.76 bits per heavy atom. The van der Waals surface area contributed by atoms with E-state index in [4.69, 9.17) is 4.98 Å². The lowest BCUT2D eigenvalue weighted by Gasteiger charge is -2.10. The van der Waals surface area contributed by atoms with Crippen molar-refractivity contribution in [1.29, 1.82) is 0 Å². The smallest absolute Gasteiger partial charge is 0.124 e. The molecular weight excluding hydrogens is 276 g/mol. The molecule has 3 rings (SSSR count). The highest BCUT2D eigenvalue weighted by molar-refractivity contribution is 7.15. The lowest BCUT2D eigenvalue weighted by molar-refractivity contribution is 0.535. The SMILES string of the molecule is CCC(C)NCc1sc(-c2ccccc2C)nc1C1CC1. The van der Waals surface area contributed by atoms with E-state index < -0.39 is 0 Å². The zero-order chi connectivity index (χ0) is 14.8. The first-order valence-corrected chi connectivity index (χ1v) is 8.79. The third-order valence-corrected chi connectivity index (χ3v) is 5.39. The number of nitrogens with zero attached hydrogens (tertiary/aromatic N) is 1. The van der Waals surface area contributed by atoms with E-state index >= 15 is 0 Å². The van der Waals surface area contributed by atoms with Crippen LogP contribution < -0.4 is 5.32 Å². The molecule has 1 aliphatic rings. The highest BCUT2D eigenvalue weighted by Gasteiger charge is 2.29. The molecule has 2 nitrogen and oxygen atoms in total. The minimum atomic E-state index is 0.570. The van der Waals surface area contributed by atoms with Gasteiger partial charge >= 0.3 is 0 Å². The second-order valence-corrected chi connectivity index (χ2v) is 7.19. The molecule has 21 heavy (non-hydrogen) atoms. The molecule has 1 fully saturated rings. The summed E-state index contributed by atoms with van der Waals surface area (Å²) in [5, 5.41) is 4.81. The summed E-state index contributed by atoms with van der Waals surface area (Å²) in [4.78, 5) is 6.43. The van der Waals surface area contributed by atoms with Crippen LogP contribution in [0, 0.1) is 6.92 Å². The molecule has 0 amide bonds. The molecule has 1 aromatic carbocycles. The van der Waals surface area contributed by atoms with Crippen molar-refractivity contribution in [3.63, 3.8) is 0 Å². The average Bonchev–Trinajstić information content (AvgIpc) is 3.25. The summed E-state index contributed by atoms with van der Waals surface area (Å²) in [7, 11) is 0. The van der Waals surface area contributed by atoms with Crippen molar-refractivity contribution in [2.45, 2.75) is 58.5 Å². The number of rotatable bonds is 6. The molecular formula is C18H24N2S. The number of nitrogens with one attached hydrogen (secondary N) is 1. The molecule has 1 N–H and O–H groups in total. The maximum absolute atomic E-state index is 4.99. The first-order chi connectivity index (χ1) is 10.2. The Hall–Kier alpha value is -1.19. The molecule has 0 aliphatic heterocycles. The predicted molar refractivity (Wildman–Crippen MR) is 90.9 cm³/mol. The van der Waals surface area contributed by atoms with Gasteiger partial charge in [0.1, 0.15) is 5.01 Å². The van der Waals surface area contributed by atoms with Crippen molar-refractivity contribution in [1.82, 2.24) is 10.3 Å². The van der Waals surface area contributed by atoms with E-state index in [9.17, 15) is 0 Å². The molecule has 1 aliphatic carbocycles. The average molecular weight is 300 g/mol. The van der Waals surface area contributed by atoms with Crippen molar-refractivity contribution in [3.8, 4) is 10.6 Å². The predicted octanol–water partition coefficient (Wildman–Crippen LogP) is 4.88. The fourth-order valence-electron chi connectivity index (χ4n) is 2.51. The Morgan fingerprint density at radius 2 is 2.10 bits per heavy atom. The highest BCUT2D eigenvalue weighted by Crippen LogP contribution is 2.44. The standard InChI is InChI=1S/C18H24N2S/c1-4-13(3)19-11-16-17(14-9-10-14)20-18(21-16)15-8-6-5-7-12(15)2/h5-8,13-14,19H,4,9-11H2,1-3H3. The lowest BCUT2D eigenvalue weighted by atomic mass is 10.1. The molecule has 2 aromatic rings. The Kier molecular flexibility index (Phi) is 4.41. The van der Waals surface area contributed by atoms with Gasteiger partial charge in [0, 0.05) is 28.9 Å². The van der Waals surface area contributed by atoms with Crippen LogP contribution in [0.3, 0.4) is 0 Å². The van der Waals surface area contributed by atoms with Crippen LogP contribution in [0.5, 0.6) is 0 Å². The molecule has 1 unspecified atom stereocenters. The van der Waals surface area contributed by atoms with E-state index in [-0.39, 0.29) is 0 Å². The molecule has 1 aromatic heterocycles. The summed E-state index contributed by atoms with van der Waals surface area (Å²) < 4.78 is 0. The van der Waals surface area contributed by atoms with Gasteiger partial charge in [-0.25, -0.2) is 4.98 Å². The van der Waals surface area contributed by atoms with Crippen LogP contribution in [0.25, 0.3) is 10.6 Å². The van der Waals surface area contributed by atoms with E-state index in [2.05, 4.69) is 50.4 Å². The number of thiazole rings is 1. The van der Waals surface area contributed by atoms with Gasteiger partial charge in [0.25, 0.3) is 0 Å². The second-order valence-electron chi connectivity index (χ2n) is 6.11. The first kappa shape index (κ1) is 14.7. The minimum Gasteiger partial charge on any atom is -0.309 e. The molecule has 112 valence electrons. The van der Waals surface area contributed by atoms with E-state index in [1.807, 2.05) is 11.3 Å². The fourth-order valence-corrected chi connectivity index (χ4v) is 3.69. The summed E-state index contributed by atoms with van der Waals surface area (Å²) in [6.07, 6.45) is 3.79. The van der Waals surface area contributed by atoms with Gasteiger partial charge in [0.05, 0.1) is 5.69 Å². The maximum Gasteiger partial charge on any atom is 0.124 e. The minimum absolute atomic E-state index is 0.570. The van der Waals surface area contributed by atoms with Crippen LogP contribution in [0.15, 0.2) is 24.3 Å². The Morgan fingerprint density at radius 1 is 1.33 bits per heavy atom. The number of benzene rings is 1. The van der Waals surface area contributed by atoms with E-state index in [1.54, 1.807) is 0 Å². The Bertz CT molecular complexity index is 613. The Balaban J connectivity index is 1.88. The van der Waals surface area contributed by atoms with Crippen molar-refractivity contribution in [2.75, 3.05) is 0 Å². The highest BCUT2D eigenvalue weighted by atomic mass is 32.1. The van der Waals surface area contributed by atoms with Crippen LogP contribution in [-0.4, -0.2) is 11.0 Å². The van der Waals surface area contributed by atoms with Crippen LogP contribution >= 0.6 is 11.3 Å². The maximum atomic E-state index is 4.99. The van der Waals surface area contributed by atoms with E-state index in [0.717, 1.165) is 6.54 Å². The van der Waals surface area contributed by atoms with Gasteiger partial charge in [0.2, 0.25) is 0 Å². The largest absolute Gasteiger partial charge is 0.309 e. The van der Waals surface area contributed by atoms with Crippen molar-refractivity contribution >= 4 is 11.3 Å². The van der Waals surface area contributed by atoms with Gasteiger partial charge in [-0.1, -0.05) is 31.2 Å². The topological polar surface area (TPSA) is 24.9 Å². The number of aromatic nitrogens is 1. The van der Waals surface area contributed by atoms with Gasteiger partial charge in [0.15, 0.2) is 0 Å². The quantitative estimate of drug-likeness (QED) is 0.822. The summed E-state index contributed by atoms with van der Waals surface area (Å²) in [5.41, 5.74) is 3.96. The van der Waals surface area contributed by atoms with Gasteiger partial charge in [-0.15, -0.1) is 11.3 Å². The van der Waals surface area contributed by atoms with Gasteiger partial charge < -0.3 is 5.32 Å². The summed E-state index contributed by atoms with van der Waals surface area (Å²) >= 11 is 1.87. The molecule has 0 radical (unpaired) electrons. The summed E-state index contributed by atoms with van der Waals surface area (Å²) in [6, 6.07) is 9.14. The fraction of sp³-hybridized carbons (Fsp3) is 0.500.